The summed E-state index contributed by atoms with van der Waals surface area (Å²) in [5, 5.41) is 20.5. The molecule has 0 aromatic heterocycles. The van der Waals surface area contributed by atoms with Crippen molar-refractivity contribution >= 4 is 7.60 Å². The Morgan fingerprint density at radius 3 is 1.63 bits per heavy atom. The lowest BCUT2D eigenvalue weighted by molar-refractivity contribution is -0.870. The van der Waals surface area contributed by atoms with E-state index in [4.69, 9.17) is 4.52 Å². The molecule has 0 aromatic rings. The van der Waals surface area contributed by atoms with E-state index in [1.165, 1.54) is 70.6 Å². The van der Waals surface area contributed by atoms with Crippen LogP contribution in [0.2, 0.25) is 0 Å². The van der Waals surface area contributed by atoms with Crippen molar-refractivity contribution in [1.82, 2.24) is 0 Å². The summed E-state index contributed by atoms with van der Waals surface area (Å²) in [5.41, 5.74) is -0.843. The van der Waals surface area contributed by atoms with Gasteiger partial charge in [0.25, 0.3) is 0 Å². The Kier molecular flexibility index (Phi) is 20.1. The second kappa shape index (κ2) is 20.1. The van der Waals surface area contributed by atoms with Gasteiger partial charge in [0.05, 0.1) is 40.0 Å². The summed E-state index contributed by atoms with van der Waals surface area (Å²) in [4.78, 5) is 10.5. The molecular formula is C28H61NO5P+. The highest BCUT2D eigenvalue weighted by Crippen LogP contribution is 2.53. The van der Waals surface area contributed by atoms with Crippen molar-refractivity contribution in [1.29, 1.82) is 0 Å². The summed E-state index contributed by atoms with van der Waals surface area (Å²) >= 11 is 0. The van der Waals surface area contributed by atoms with Gasteiger partial charge in [0.2, 0.25) is 0 Å². The summed E-state index contributed by atoms with van der Waals surface area (Å²) < 4.78 is 19.1. The molecule has 0 heterocycles. The Bertz CT molecular complexity index is 540. The molecule has 0 saturated heterocycles. The van der Waals surface area contributed by atoms with E-state index in [0.29, 0.717) is 12.8 Å². The van der Waals surface area contributed by atoms with Crippen LogP contribution < -0.4 is 0 Å². The molecule has 3 unspecified atom stereocenters. The van der Waals surface area contributed by atoms with Gasteiger partial charge in [-0.2, -0.15) is 0 Å². The van der Waals surface area contributed by atoms with Crippen LogP contribution in [-0.4, -0.2) is 65.3 Å². The van der Waals surface area contributed by atoms with Gasteiger partial charge >= 0.3 is 7.60 Å². The first-order chi connectivity index (χ1) is 16.5. The van der Waals surface area contributed by atoms with Gasteiger partial charge in [-0.05, 0) is 32.1 Å². The fraction of sp³-hybridized carbons (Fsp3) is 1.00. The van der Waals surface area contributed by atoms with Gasteiger partial charge in [0.15, 0.2) is 5.79 Å². The molecule has 0 aliphatic heterocycles. The minimum atomic E-state index is -4.11. The lowest BCUT2D eigenvalue weighted by Crippen LogP contribution is -2.35. The van der Waals surface area contributed by atoms with Crippen molar-refractivity contribution in [3.63, 3.8) is 0 Å². The van der Waals surface area contributed by atoms with E-state index in [1.807, 2.05) is 0 Å². The smallest absolute Gasteiger partial charge is 0.335 e. The van der Waals surface area contributed by atoms with Crippen LogP contribution in [-0.2, 0) is 9.09 Å². The van der Waals surface area contributed by atoms with Crippen molar-refractivity contribution in [2.75, 3.05) is 34.3 Å². The van der Waals surface area contributed by atoms with E-state index in [0.717, 1.165) is 43.1 Å². The number of quaternary nitrogens is 1. The average Bonchev–Trinajstić information content (AvgIpc) is 2.78. The van der Waals surface area contributed by atoms with Crippen LogP contribution in [0, 0.1) is 0 Å². The number of aliphatic hydroxyl groups is 2. The Morgan fingerprint density at radius 1 is 0.771 bits per heavy atom. The number of hydrogen-bond acceptors (Lipinski definition) is 4. The largest absolute Gasteiger partial charge is 0.395 e. The molecule has 3 N–H and O–H groups in total. The van der Waals surface area contributed by atoms with E-state index in [2.05, 4.69) is 28.1 Å². The lowest BCUT2D eigenvalue weighted by Gasteiger charge is -2.32. The molecule has 0 fully saturated rings. The highest BCUT2D eigenvalue weighted by molar-refractivity contribution is 7.53. The van der Waals surface area contributed by atoms with E-state index in [9.17, 15) is 19.7 Å². The Labute approximate surface area is 218 Å². The fourth-order valence-corrected chi connectivity index (χ4v) is 6.10. The van der Waals surface area contributed by atoms with Crippen LogP contribution in [0.5, 0.6) is 0 Å². The summed E-state index contributed by atoms with van der Waals surface area (Å²) in [6, 6.07) is 0. The first kappa shape index (κ1) is 35.0. The molecule has 0 aliphatic rings. The maximum Gasteiger partial charge on any atom is 0.335 e. The molecule has 7 heteroatoms. The standard InChI is InChI=1S/C28H60NO5P/c1-6-8-9-10-11-12-13-14-15-16-17-18-19-21-24-28(31,7-2)34-35(32,33)27(26-30)23-20-22-25-29(3,4)5/h27,30-31H,6-26H2,1-5H3/p+1. The molecule has 0 amide bonds. The third-order valence-electron chi connectivity index (χ3n) is 7.06. The molecule has 0 aliphatic carbocycles. The van der Waals surface area contributed by atoms with Gasteiger partial charge in [-0.15, -0.1) is 0 Å². The van der Waals surface area contributed by atoms with Crippen LogP contribution in [0.15, 0.2) is 0 Å². The number of unbranched alkanes of at least 4 members (excludes halogenated alkanes) is 14. The molecule has 0 aromatic carbocycles. The Balaban J connectivity index is 4.08. The van der Waals surface area contributed by atoms with E-state index >= 15 is 0 Å². The summed E-state index contributed by atoms with van der Waals surface area (Å²) in [7, 11) is 2.23. The second-order valence-corrected chi connectivity index (χ2v) is 13.7. The van der Waals surface area contributed by atoms with Crippen LogP contribution in [0.1, 0.15) is 136 Å². The minimum Gasteiger partial charge on any atom is -0.395 e. The normalized spacial score (nSPS) is 16.7. The molecular weight excluding hydrogens is 461 g/mol. The van der Waals surface area contributed by atoms with Crippen LogP contribution in [0.3, 0.4) is 0 Å². The summed E-state index contributed by atoms with van der Waals surface area (Å²) in [5.74, 6) is -1.60. The Hall–Kier alpha value is 0.0300. The zero-order chi connectivity index (χ0) is 26.6. The van der Waals surface area contributed by atoms with Crippen LogP contribution in [0.25, 0.3) is 0 Å². The van der Waals surface area contributed by atoms with E-state index in [-0.39, 0.29) is 6.42 Å². The molecule has 0 bridgehead atoms. The predicted molar refractivity (Wildman–Crippen MR) is 149 cm³/mol. The van der Waals surface area contributed by atoms with Gasteiger partial charge in [0.1, 0.15) is 0 Å². The van der Waals surface area contributed by atoms with Crippen molar-refractivity contribution in [3.8, 4) is 0 Å². The van der Waals surface area contributed by atoms with Gasteiger partial charge in [-0.1, -0.05) is 97.3 Å². The first-order valence-electron chi connectivity index (χ1n) is 14.7. The molecule has 0 rings (SSSR count). The third kappa shape index (κ3) is 19.8. The van der Waals surface area contributed by atoms with E-state index in [1.54, 1.807) is 6.92 Å². The third-order valence-corrected chi connectivity index (χ3v) is 9.01. The van der Waals surface area contributed by atoms with E-state index < -0.39 is 25.6 Å². The predicted octanol–water partition coefficient (Wildman–Crippen LogP) is 7.40. The number of hydrogen-bond donors (Lipinski definition) is 3. The number of nitrogens with zero attached hydrogens (tertiary/aromatic N) is 1. The SMILES string of the molecule is CCCCCCCCCCCCCCCCC(O)(CC)OP(=O)(O)C(CO)CCCC[N+](C)(C)C. The van der Waals surface area contributed by atoms with Crippen molar-refractivity contribution < 1.29 is 28.7 Å². The number of aliphatic hydroxyl groups excluding tert-OH is 1. The quantitative estimate of drug-likeness (QED) is 0.0503. The number of rotatable bonds is 25. The highest BCUT2D eigenvalue weighted by atomic mass is 31.2. The van der Waals surface area contributed by atoms with Crippen molar-refractivity contribution in [2.24, 2.45) is 0 Å². The molecule has 0 spiro atoms. The maximum absolute atomic E-state index is 12.9. The van der Waals surface area contributed by atoms with Crippen LogP contribution >= 0.6 is 7.60 Å². The second-order valence-electron chi connectivity index (χ2n) is 11.6. The lowest BCUT2D eigenvalue weighted by atomic mass is 10.0. The minimum absolute atomic E-state index is 0.260. The van der Waals surface area contributed by atoms with Crippen molar-refractivity contribution in [2.45, 2.75) is 147 Å². The highest BCUT2D eigenvalue weighted by Gasteiger charge is 2.40. The van der Waals surface area contributed by atoms with Crippen molar-refractivity contribution in [3.05, 3.63) is 0 Å². The van der Waals surface area contributed by atoms with Gasteiger partial charge in [-0.25, -0.2) is 0 Å². The van der Waals surface area contributed by atoms with Gasteiger partial charge in [-0.3, -0.25) is 9.09 Å². The zero-order valence-corrected chi connectivity index (χ0v) is 24.9. The molecule has 0 saturated carbocycles. The molecule has 3 atom stereocenters. The molecule has 212 valence electrons. The zero-order valence-electron chi connectivity index (χ0n) is 24.0. The topological polar surface area (TPSA) is 87.0 Å². The molecule has 35 heavy (non-hydrogen) atoms. The fourth-order valence-electron chi connectivity index (χ4n) is 4.52. The summed E-state index contributed by atoms with van der Waals surface area (Å²) in [6.45, 7) is 4.60. The summed E-state index contributed by atoms with van der Waals surface area (Å²) in [6.07, 6.45) is 20.3. The first-order valence-corrected chi connectivity index (χ1v) is 16.3. The van der Waals surface area contributed by atoms with Crippen LogP contribution in [0.4, 0.5) is 0 Å². The maximum atomic E-state index is 12.9. The molecule has 6 nitrogen and oxygen atoms in total. The van der Waals surface area contributed by atoms with Gasteiger partial charge < -0.3 is 19.6 Å². The molecule has 0 radical (unpaired) electrons. The monoisotopic (exact) mass is 522 g/mol. The van der Waals surface area contributed by atoms with Gasteiger partial charge in [0, 0.05) is 6.42 Å². The average molecular weight is 523 g/mol. The Morgan fingerprint density at radius 2 is 1.23 bits per heavy atom.